The first-order chi connectivity index (χ1) is 12.1. The highest BCUT2D eigenvalue weighted by molar-refractivity contribution is 5.94. The number of carbonyl (C=O) groups is 1. The number of nitrogens with zero attached hydrogens (tertiary/aromatic N) is 2. The van der Waals surface area contributed by atoms with Crippen LogP contribution in [0.25, 0.3) is 0 Å². The number of rotatable bonds is 5. The van der Waals surface area contributed by atoms with Crippen LogP contribution in [0.4, 0.5) is 5.69 Å². The van der Waals surface area contributed by atoms with Crippen molar-refractivity contribution >= 4 is 11.6 Å². The van der Waals surface area contributed by atoms with E-state index in [9.17, 15) is 4.79 Å². The molecule has 3 rings (SSSR count). The van der Waals surface area contributed by atoms with Gasteiger partial charge < -0.3 is 9.80 Å². The van der Waals surface area contributed by atoms with Gasteiger partial charge in [0.05, 0.1) is 0 Å². The molecule has 2 aromatic rings. The molecular weight excluding hydrogens is 308 g/mol. The molecule has 1 amide bonds. The largest absolute Gasteiger partial charge is 0.371 e. The van der Waals surface area contributed by atoms with Gasteiger partial charge in [0.15, 0.2) is 0 Å². The molecule has 3 nitrogen and oxygen atoms in total. The van der Waals surface area contributed by atoms with Crippen molar-refractivity contribution in [2.24, 2.45) is 0 Å². The second-order valence-electron chi connectivity index (χ2n) is 7.26. The molecule has 1 saturated heterocycles. The fraction of sp³-hybridized carbons (Fsp3) is 0.409. The summed E-state index contributed by atoms with van der Waals surface area (Å²) in [5.41, 5.74) is 4.51. The van der Waals surface area contributed by atoms with E-state index in [4.69, 9.17) is 0 Å². The molecule has 0 saturated carbocycles. The van der Waals surface area contributed by atoms with Gasteiger partial charge in [0.25, 0.3) is 5.91 Å². The third kappa shape index (κ3) is 4.04. The molecule has 1 heterocycles. The summed E-state index contributed by atoms with van der Waals surface area (Å²) in [6, 6.07) is 16.5. The van der Waals surface area contributed by atoms with Gasteiger partial charge in [0.2, 0.25) is 0 Å². The van der Waals surface area contributed by atoms with Gasteiger partial charge in [-0.05, 0) is 48.1 Å². The molecule has 0 aromatic heterocycles. The predicted octanol–water partition coefficient (Wildman–Crippen LogP) is 4.68. The van der Waals surface area contributed by atoms with Gasteiger partial charge in [-0.2, -0.15) is 0 Å². The number of para-hydroxylation sites is 1. The van der Waals surface area contributed by atoms with Gasteiger partial charge in [-0.1, -0.05) is 44.2 Å². The van der Waals surface area contributed by atoms with Gasteiger partial charge in [-0.25, -0.2) is 0 Å². The van der Waals surface area contributed by atoms with Gasteiger partial charge in [-0.15, -0.1) is 0 Å². The van der Waals surface area contributed by atoms with Gasteiger partial charge in [-0.3, -0.25) is 4.79 Å². The van der Waals surface area contributed by atoms with Crippen LogP contribution in [0.3, 0.4) is 0 Å². The molecule has 1 fully saturated rings. The van der Waals surface area contributed by atoms with E-state index >= 15 is 0 Å². The number of hydrogen-bond donors (Lipinski definition) is 0. The summed E-state index contributed by atoms with van der Waals surface area (Å²) in [4.78, 5) is 17.0. The van der Waals surface area contributed by atoms with Crippen molar-refractivity contribution in [3.05, 3.63) is 65.2 Å². The van der Waals surface area contributed by atoms with Gasteiger partial charge in [0.1, 0.15) is 0 Å². The molecule has 0 bridgehead atoms. The maximum absolute atomic E-state index is 12.8. The van der Waals surface area contributed by atoms with E-state index in [1.807, 2.05) is 24.1 Å². The number of hydrogen-bond acceptors (Lipinski definition) is 2. The quantitative estimate of drug-likeness (QED) is 0.791. The van der Waals surface area contributed by atoms with E-state index in [0.717, 1.165) is 18.7 Å². The molecule has 2 aromatic carbocycles. The Morgan fingerprint density at radius 1 is 1.04 bits per heavy atom. The molecule has 132 valence electrons. The summed E-state index contributed by atoms with van der Waals surface area (Å²) in [6.45, 7) is 7.20. The van der Waals surface area contributed by atoms with E-state index in [0.29, 0.717) is 12.5 Å². The Hall–Kier alpha value is -2.29. The minimum atomic E-state index is 0.0755. The van der Waals surface area contributed by atoms with Crippen LogP contribution in [0.15, 0.2) is 48.5 Å². The third-order valence-corrected chi connectivity index (χ3v) is 5.02. The zero-order valence-corrected chi connectivity index (χ0v) is 15.5. The fourth-order valence-electron chi connectivity index (χ4n) is 3.47. The highest BCUT2D eigenvalue weighted by Gasteiger charge is 2.18. The van der Waals surface area contributed by atoms with Crippen LogP contribution >= 0.6 is 0 Å². The Labute approximate surface area is 151 Å². The second kappa shape index (κ2) is 7.73. The van der Waals surface area contributed by atoms with Crippen LogP contribution < -0.4 is 4.90 Å². The minimum absolute atomic E-state index is 0.0755. The average Bonchev–Trinajstić information content (AvgIpc) is 3.16. The van der Waals surface area contributed by atoms with Crippen molar-refractivity contribution in [3.63, 3.8) is 0 Å². The average molecular weight is 336 g/mol. The van der Waals surface area contributed by atoms with Crippen molar-refractivity contribution < 1.29 is 4.79 Å². The highest BCUT2D eigenvalue weighted by atomic mass is 16.2. The number of benzene rings is 2. The summed E-state index contributed by atoms with van der Waals surface area (Å²) in [7, 11) is 1.89. The maximum atomic E-state index is 12.8. The zero-order chi connectivity index (χ0) is 17.8. The lowest BCUT2D eigenvalue weighted by atomic mass is 10.0. The SMILES string of the molecule is CC(C)c1ccc(C(=O)N(C)Cc2ccccc2N2CCCC2)cc1. The van der Waals surface area contributed by atoms with Crippen LogP contribution in [0.5, 0.6) is 0 Å². The maximum Gasteiger partial charge on any atom is 0.253 e. The Morgan fingerprint density at radius 3 is 2.32 bits per heavy atom. The van der Waals surface area contributed by atoms with Crippen molar-refractivity contribution in [2.45, 2.75) is 39.2 Å². The summed E-state index contributed by atoms with van der Waals surface area (Å²) in [5, 5.41) is 0. The monoisotopic (exact) mass is 336 g/mol. The lowest BCUT2D eigenvalue weighted by molar-refractivity contribution is 0.0785. The molecule has 1 aliphatic heterocycles. The molecule has 25 heavy (non-hydrogen) atoms. The Morgan fingerprint density at radius 2 is 1.68 bits per heavy atom. The topological polar surface area (TPSA) is 23.6 Å². The summed E-state index contributed by atoms with van der Waals surface area (Å²) in [5.74, 6) is 0.556. The molecule has 0 radical (unpaired) electrons. The first-order valence-electron chi connectivity index (χ1n) is 9.24. The van der Waals surface area contributed by atoms with Crippen LogP contribution in [0.2, 0.25) is 0 Å². The summed E-state index contributed by atoms with van der Waals surface area (Å²) >= 11 is 0. The predicted molar refractivity (Wildman–Crippen MR) is 104 cm³/mol. The molecule has 0 N–H and O–H groups in total. The smallest absolute Gasteiger partial charge is 0.253 e. The second-order valence-corrected chi connectivity index (χ2v) is 7.26. The number of amides is 1. The first-order valence-corrected chi connectivity index (χ1v) is 9.24. The fourth-order valence-corrected chi connectivity index (χ4v) is 3.47. The van der Waals surface area contributed by atoms with Crippen LogP contribution in [-0.2, 0) is 6.54 Å². The number of carbonyl (C=O) groups excluding carboxylic acids is 1. The normalized spacial score (nSPS) is 14.2. The molecule has 0 aliphatic carbocycles. The summed E-state index contributed by atoms with van der Waals surface area (Å²) < 4.78 is 0. The molecular formula is C22H28N2O. The van der Waals surface area contributed by atoms with Crippen molar-refractivity contribution in [1.29, 1.82) is 0 Å². The van der Waals surface area contributed by atoms with Crippen LogP contribution in [0.1, 0.15) is 54.1 Å². The molecule has 0 spiro atoms. The molecule has 0 unspecified atom stereocenters. The van der Waals surface area contributed by atoms with Crippen molar-refractivity contribution in [3.8, 4) is 0 Å². The highest BCUT2D eigenvalue weighted by Crippen LogP contribution is 2.26. The molecule has 0 atom stereocenters. The van der Waals surface area contributed by atoms with E-state index < -0.39 is 0 Å². The Balaban J connectivity index is 1.73. The van der Waals surface area contributed by atoms with E-state index in [1.165, 1.54) is 29.7 Å². The minimum Gasteiger partial charge on any atom is -0.371 e. The van der Waals surface area contributed by atoms with Crippen LogP contribution in [-0.4, -0.2) is 30.9 Å². The van der Waals surface area contributed by atoms with Gasteiger partial charge in [0, 0.05) is 37.9 Å². The number of anilines is 1. The molecule has 3 heteroatoms. The van der Waals surface area contributed by atoms with E-state index in [-0.39, 0.29) is 5.91 Å². The lowest BCUT2D eigenvalue weighted by Crippen LogP contribution is -2.28. The molecule has 1 aliphatic rings. The van der Waals surface area contributed by atoms with E-state index in [2.05, 4.69) is 55.1 Å². The zero-order valence-electron chi connectivity index (χ0n) is 15.5. The van der Waals surface area contributed by atoms with E-state index in [1.54, 1.807) is 0 Å². The van der Waals surface area contributed by atoms with Crippen LogP contribution in [0, 0.1) is 0 Å². The van der Waals surface area contributed by atoms with Crippen molar-refractivity contribution in [2.75, 3.05) is 25.0 Å². The Kier molecular flexibility index (Phi) is 5.42. The Bertz CT molecular complexity index is 715. The lowest BCUT2D eigenvalue weighted by Gasteiger charge is -2.24. The van der Waals surface area contributed by atoms with Crippen molar-refractivity contribution in [1.82, 2.24) is 4.90 Å². The standard InChI is InChI=1S/C22H28N2O/c1-17(2)18-10-12-19(13-11-18)22(25)23(3)16-20-8-4-5-9-21(20)24-14-6-7-15-24/h4-5,8-13,17H,6-7,14-16H2,1-3H3. The first kappa shape index (κ1) is 17.5. The van der Waals surface area contributed by atoms with Gasteiger partial charge >= 0.3 is 0 Å². The third-order valence-electron chi connectivity index (χ3n) is 5.02. The summed E-state index contributed by atoms with van der Waals surface area (Å²) in [6.07, 6.45) is 2.51.